The topological polar surface area (TPSA) is 29.5 Å². The summed E-state index contributed by atoms with van der Waals surface area (Å²) in [4.78, 5) is 13.5. The first-order chi connectivity index (χ1) is 9.95. The highest BCUT2D eigenvalue weighted by atomic mass is 79.9. The molecule has 1 aliphatic rings. The van der Waals surface area contributed by atoms with Gasteiger partial charge in [-0.3, -0.25) is 4.90 Å². The summed E-state index contributed by atoms with van der Waals surface area (Å²) in [5.74, 6) is -1.12. The van der Waals surface area contributed by atoms with Crippen molar-refractivity contribution in [2.75, 3.05) is 25.0 Å². The molecule has 3 nitrogen and oxygen atoms in total. The number of esters is 1. The minimum absolute atomic E-state index is 0.0293. The molecule has 0 N–H and O–H groups in total. The molecule has 6 heteroatoms. The second kappa shape index (κ2) is 6.40. The van der Waals surface area contributed by atoms with Crippen LogP contribution in [0.4, 0.5) is 8.78 Å². The molecule has 2 rings (SSSR count). The molecule has 0 bridgehead atoms. The Kier molecular flexibility index (Phi) is 4.99. The lowest BCUT2D eigenvalue weighted by atomic mass is 9.91. The number of nitrogens with zero attached hydrogens (tertiary/aromatic N) is 1. The van der Waals surface area contributed by atoms with E-state index in [1.807, 2.05) is 30.3 Å². The average Bonchev–Trinajstić information content (AvgIpc) is 2.73. The number of halogens is 3. The monoisotopic (exact) mass is 361 g/mol. The molecule has 0 saturated carbocycles. The van der Waals surface area contributed by atoms with Crippen LogP contribution in [0.25, 0.3) is 0 Å². The summed E-state index contributed by atoms with van der Waals surface area (Å²) < 4.78 is 34.5. The van der Waals surface area contributed by atoms with E-state index in [1.54, 1.807) is 11.8 Å². The molecule has 1 aromatic carbocycles. The van der Waals surface area contributed by atoms with Crippen LogP contribution in [0.2, 0.25) is 0 Å². The number of ether oxygens (including phenoxy) is 1. The van der Waals surface area contributed by atoms with E-state index in [0.29, 0.717) is 6.54 Å². The van der Waals surface area contributed by atoms with Gasteiger partial charge in [-0.1, -0.05) is 46.3 Å². The van der Waals surface area contributed by atoms with Gasteiger partial charge in [0.2, 0.25) is 0 Å². The Bertz CT molecular complexity index is 502. The fourth-order valence-electron chi connectivity index (χ4n) is 2.58. The van der Waals surface area contributed by atoms with Gasteiger partial charge in [-0.25, -0.2) is 13.6 Å². The van der Waals surface area contributed by atoms with Crippen molar-refractivity contribution in [2.45, 2.75) is 24.8 Å². The van der Waals surface area contributed by atoms with Crippen molar-refractivity contribution in [1.29, 1.82) is 0 Å². The van der Waals surface area contributed by atoms with E-state index in [1.165, 1.54) is 0 Å². The first-order valence-corrected chi connectivity index (χ1v) is 7.94. The first kappa shape index (κ1) is 16.4. The summed E-state index contributed by atoms with van der Waals surface area (Å²) in [6, 6.07) is 9.38. The van der Waals surface area contributed by atoms with Gasteiger partial charge in [0.25, 0.3) is 5.67 Å². The lowest BCUT2D eigenvalue weighted by Gasteiger charge is -2.28. The molecule has 116 valence electrons. The van der Waals surface area contributed by atoms with E-state index >= 15 is 0 Å². The van der Waals surface area contributed by atoms with Gasteiger partial charge >= 0.3 is 5.97 Å². The van der Waals surface area contributed by atoms with Crippen LogP contribution in [0.15, 0.2) is 30.3 Å². The Morgan fingerprint density at radius 1 is 1.33 bits per heavy atom. The van der Waals surface area contributed by atoms with Gasteiger partial charge in [-0.2, -0.15) is 0 Å². The van der Waals surface area contributed by atoms with Crippen LogP contribution in [0, 0.1) is 0 Å². The number of alkyl halides is 3. The number of carbonyl (C=O) groups excluding carboxylic acids is 1. The van der Waals surface area contributed by atoms with Gasteiger partial charge in [0, 0.05) is 25.0 Å². The van der Waals surface area contributed by atoms with Gasteiger partial charge in [0.05, 0.1) is 6.61 Å². The van der Waals surface area contributed by atoms with Crippen LogP contribution in [0.1, 0.15) is 12.5 Å². The molecule has 0 aromatic heterocycles. The van der Waals surface area contributed by atoms with Crippen molar-refractivity contribution in [1.82, 2.24) is 4.90 Å². The van der Waals surface area contributed by atoms with Gasteiger partial charge in [-0.05, 0) is 12.5 Å². The molecule has 1 saturated heterocycles. The summed E-state index contributed by atoms with van der Waals surface area (Å²) in [6.45, 7) is 1.55. The van der Waals surface area contributed by atoms with Crippen LogP contribution in [0.3, 0.4) is 0 Å². The summed E-state index contributed by atoms with van der Waals surface area (Å²) in [7, 11) is 0. The SMILES string of the molecule is CCOC(=O)[C@]1(F)CN(Cc2ccccc2)C[C@@]1(F)CBr. The van der Waals surface area contributed by atoms with Crippen molar-refractivity contribution < 1.29 is 18.3 Å². The number of likely N-dealkylation sites (tertiary alicyclic amines) is 1. The van der Waals surface area contributed by atoms with Crippen molar-refractivity contribution in [3.8, 4) is 0 Å². The van der Waals surface area contributed by atoms with Crippen molar-refractivity contribution in [3.63, 3.8) is 0 Å². The van der Waals surface area contributed by atoms with Crippen LogP contribution in [-0.2, 0) is 16.1 Å². The molecule has 1 heterocycles. The van der Waals surface area contributed by atoms with E-state index in [2.05, 4.69) is 15.9 Å². The van der Waals surface area contributed by atoms with E-state index < -0.39 is 17.3 Å². The van der Waals surface area contributed by atoms with Crippen molar-refractivity contribution in [3.05, 3.63) is 35.9 Å². The molecule has 0 amide bonds. The minimum Gasteiger partial charge on any atom is -0.463 e. The highest BCUT2D eigenvalue weighted by Gasteiger charge is 2.65. The van der Waals surface area contributed by atoms with E-state index in [9.17, 15) is 13.6 Å². The zero-order valence-corrected chi connectivity index (χ0v) is 13.4. The lowest BCUT2D eigenvalue weighted by molar-refractivity contribution is -0.164. The predicted molar refractivity (Wildman–Crippen MR) is 79.8 cm³/mol. The van der Waals surface area contributed by atoms with Crippen LogP contribution in [-0.4, -0.2) is 47.2 Å². The van der Waals surface area contributed by atoms with Crippen LogP contribution >= 0.6 is 15.9 Å². The standard InChI is InChI=1S/C15H18BrF2NO2/c1-2-21-13(20)15(18)11-19(10-14(15,17)9-16)8-12-6-4-3-5-7-12/h3-7H,2,8-11H2,1H3/t14-,15+/m0/s1. The quantitative estimate of drug-likeness (QED) is 0.596. The van der Waals surface area contributed by atoms with Gasteiger partial charge in [0.15, 0.2) is 5.67 Å². The zero-order chi connectivity index (χ0) is 15.5. The number of hydrogen-bond donors (Lipinski definition) is 0. The molecule has 0 spiro atoms. The largest absolute Gasteiger partial charge is 0.463 e. The Balaban J connectivity index is 2.17. The normalized spacial score (nSPS) is 29.5. The third kappa shape index (κ3) is 3.11. The number of benzene rings is 1. The van der Waals surface area contributed by atoms with Gasteiger partial charge < -0.3 is 4.74 Å². The second-order valence-electron chi connectivity index (χ2n) is 5.25. The summed E-state index contributed by atoms with van der Waals surface area (Å²) in [5.41, 5.74) is -3.97. The average molecular weight is 362 g/mol. The smallest absolute Gasteiger partial charge is 0.348 e. The maximum Gasteiger partial charge on any atom is 0.348 e. The Labute approximate surface area is 131 Å². The fraction of sp³-hybridized carbons (Fsp3) is 0.533. The highest BCUT2D eigenvalue weighted by Crippen LogP contribution is 2.41. The van der Waals surface area contributed by atoms with E-state index in [4.69, 9.17) is 4.74 Å². The number of carbonyl (C=O) groups is 1. The molecule has 0 unspecified atom stereocenters. The molecule has 1 fully saturated rings. The maximum atomic E-state index is 15.0. The molecule has 21 heavy (non-hydrogen) atoms. The van der Waals surface area contributed by atoms with Crippen LogP contribution in [0.5, 0.6) is 0 Å². The minimum atomic E-state index is -2.64. The van der Waals surface area contributed by atoms with Gasteiger partial charge in [0.1, 0.15) is 0 Å². The molecule has 1 aliphatic heterocycles. The second-order valence-corrected chi connectivity index (χ2v) is 5.81. The third-order valence-electron chi connectivity index (χ3n) is 3.69. The Hall–Kier alpha value is -1.01. The highest BCUT2D eigenvalue weighted by molar-refractivity contribution is 9.09. The van der Waals surface area contributed by atoms with Crippen LogP contribution < -0.4 is 0 Å². The molecular weight excluding hydrogens is 344 g/mol. The number of rotatable bonds is 5. The van der Waals surface area contributed by atoms with Gasteiger partial charge in [-0.15, -0.1) is 0 Å². The van der Waals surface area contributed by atoms with Crippen molar-refractivity contribution in [2.24, 2.45) is 0 Å². The Morgan fingerprint density at radius 3 is 2.57 bits per heavy atom. The predicted octanol–water partition coefficient (Wildman–Crippen LogP) is 2.88. The lowest BCUT2D eigenvalue weighted by Crippen LogP contribution is -2.54. The molecule has 2 atom stereocenters. The summed E-state index contributed by atoms with van der Waals surface area (Å²) in [6.07, 6.45) is 0. The van der Waals surface area contributed by atoms with Crippen molar-refractivity contribution >= 4 is 21.9 Å². The first-order valence-electron chi connectivity index (χ1n) is 6.82. The molecule has 1 aromatic rings. The van der Waals surface area contributed by atoms with E-state index in [0.717, 1.165) is 5.56 Å². The Morgan fingerprint density at radius 2 is 2.00 bits per heavy atom. The maximum absolute atomic E-state index is 15.0. The third-order valence-corrected chi connectivity index (χ3v) is 4.57. The molecular formula is C15H18BrF2NO2. The molecule has 0 aliphatic carbocycles. The summed E-state index contributed by atoms with van der Waals surface area (Å²) >= 11 is 2.99. The number of hydrogen-bond acceptors (Lipinski definition) is 3. The fourth-order valence-corrected chi connectivity index (χ4v) is 3.20. The summed E-state index contributed by atoms with van der Waals surface area (Å²) in [5, 5.41) is -0.249. The molecule has 0 radical (unpaired) electrons. The van der Waals surface area contributed by atoms with E-state index in [-0.39, 0.29) is 25.0 Å². The zero-order valence-electron chi connectivity index (χ0n) is 11.8.